The van der Waals surface area contributed by atoms with Gasteiger partial charge < -0.3 is 14.9 Å². The molecule has 0 unspecified atom stereocenters. The molecule has 1 aromatic carbocycles. The summed E-state index contributed by atoms with van der Waals surface area (Å²) in [5, 5.41) is 19.7. The summed E-state index contributed by atoms with van der Waals surface area (Å²) in [4.78, 5) is 11.3. The van der Waals surface area contributed by atoms with E-state index in [1.807, 2.05) is 30.3 Å². The lowest BCUT2D eigenvalue weighted by Crippen LogP contribution is -2.04. The summed E-state index contributed by atoms with van der Waals surface area (Å²) >= 11 is 0. The number of hydrogen-bond acceptors (Lipinski definition) is 4. The fourth-order valence-corrected chi connectivity index (χ4v) is 2.47. The summed E-state index contributed by atoms with van der Waals surface area (Å²) in [5.41, 5.74) is 2.24. The molecule has 2 aliphatic rings. The van der Waals surface area contributed by atoms with Gasteiger partial charge in [-0.05, 0) is 30.1 Å². The Hall–Kier alpha value is -2.59. The summed E-state index contributed by atoms with van der Waals surface area (Å²) < 4.78 is 4.89. The molecule has 0 saturated heterocycles. The highest BCUT2D eigenvalue weighted by Crippen LogP contribution is 2.35. The lowest BCUT2D eigenvalue weighted by molar-refractivity contribution is -0.135. The van der Waals surface area contributed by atoms with Gasteiger partial charge >= 0.3 is 5.97 Å². The van der Waals surface area contributed by atoms with Crippen LogP contribution in [0.2, 0.25) is 0 Å². The van der Waals surface area contributed by atoms with Crippen LogP contribution in [-0.4, -0.2) is 22.3 Å². The molecular formula is C18H16O4. The minimum absolute atomic E-state index is 0.362. The van der Waals surface area contributed by atoms with Crippen molar-refractivity contribution in [1.82, 2.24) is 0 Å². The number of aliphatic hydroxyl groups is 2. The molecule has 22 heavy (non-hydrogen) atoms. The Morgan fingerprint density at radius 3 is 2.73 bits per heavy atom. The minimum Gasteiger partial charge on any atom is -0.501 e. The van der Waals surface area contributed by atoms with Crippen molar-refractivity contribution in [3.8, 4) is 0 Å². The van der Waals surface area contributed by atoms with Crippen molar-refractivity contribution in [3.63, 3.8) is 0 Å². The van der Waals surface area contributed by atoms with E-state index in [0.29, 0.717) is 23.3 Å². The second kappa shape index (κ2) is 6.03. The molecule has 1 aliphatic carbocycles. The van der Waals surface area contributed by atoms with Gasteiger partial charge in [-0.15, -0.1) is 0 Å². The number of hydrogen-bond donors (Lipinski definition) is 2. The lowest BCUT2D eigenvalue weighted by atomic mass is 10.0. The zero-order valence-corrected chi connectivity index (χ0v) is 11.9. The molecule has 0 radical (unpaired) electrons. The van der Waals surface area contributed by atoms with Gasteiger partial charge in [-0.25, -0.2) is 4.79 Å². The standard InChI is InChI=1S/C18H16O4/c19-14(9-6-12-4-2-1-3-5-12)10-7-13-8-11-15-16(13)17(20)18(21)22-15/h1-5,7-8,10-11,14,19-20H,6,9H2/b10-7+/t14-/m0/s1. The van der Waals surface area contributed by atoms with Crippen molar-refractivity contribution in [2.75, 3.05) is 0 Å². The molecule has 1 heterocycles. The number of esters is 1. The molecule has 1 aromatic rings. The van der Waals surface area contributed by atoms with Crippen LogP contribution in [0.5, 0.6) is 0 Å². The Balaban J connectivity index is 1.60. The van der Waals surface area contributed by atoms with E-state index in [-0.39, 0.29) is 5.76 Å². The Labute approximate surface area is 128 Å². The summed E-state index contributed by atoms with van der Waals surface area (Å²) in [6, 6.07) is 9.95. The highest BCUT2D eigenvalue weighted by atomic mass is 16.6. The third-order valence-electron chi connectivity index (χ3n) is 3.65. The van der Waals surface area contributed by atoms with E-state index in [0.717, 1.165) is 6.42 Å². The maximum atomic E-state index is 11.3. The van der Waals surface area contributed by atoms with Crippen molar-refractivity contribution < 1.29 is 19.7 Å². The second-order valence-corrected chi connectivity index (χ2v) is 5.22. The molecular weight excluding hydrogens is 280 g/mol. The second-order valence-electron chi connectivity index (χ2n) is 5.22. The van der Waals surface area contributed by atoms with Crippen LogP contribution in [0.1, 0.15) is 12.0 Å². The molecule has 0 bridgehead atoms. The van der Waals surface area contributed by atoms with Crippen LogP contribution >= 0.6 is 0 Å². The molecule has 0 saturated carbocycles. The monoisotopic (exact) mass is 296 g/mol. The topological polar surface area (TPSA) is 66.8 Å². The van der Waals surface area contributed by atoms with Gasteiger partial charge in [0, 0.05) is 0 Å². The molecule has 4 heteroatoms. The van der Waals surface area contributed by atoms with Crippen LogP contribution in [0.3, 0.4) is 0 Å². The average Bonchev–Trinajstić information content (AvgIpc) is 3.05. The first-order valence-electron chi connectivity index (χ1n) is 7.13. The van der Waals surface area contributed by atoms with Crippen molar-refractivity contribution in [2.24, 2.45) is 0 Å². The Kier molecular flexibility index (Phi) is 3.94. The van der Waals surface area contributed by atoms with E-state index in [1.165, 1.54) is 5.56 Å². The number of carbonyl (C=O) groups is 1. The van der Waals surface area contributed by atoms with Crippen LogP contribution in [0, 0.1) is 0 Å². The average molecular weight is 296 g/mol. The molecule has 2 N–H and O–H groups in total. The Morgan fingerprint density at radius 2 is 1.95 bits per heavy atom. The number of aryl methyl sites for hydroxylation is 1. The van der Waals surface area contributed by atoms with E-state index in [1.54, 1.807) is 24.3 Å². The Morgan fingerprint density at radius 1 is 1.18 bits per heavy atom. The third-order valence-corrected chi connectivity index (χ3v) is 3.65. The number of allylic oxidation sites excluding steroid dienone is 4. The predicted molar refractivity (Wildman–Crippen MR) is 81.8 cm³/mol. The van der Waals surface area contributed by atoms with Crippen LogP contribution in [0.25, 0.3) is 0 Å². The molecule has 112 valence electrons. The van der Waals surface area contributed by atoms with E-state index in [4.69, 9.17) is 4.74 Å². The van der Waals surface area contributed by atoms with Crippen LogP contribution in [-0.2, 0) is 16.0 Å². The van der Waals surface area contributed by atoms with Crippen molar-refractivity contribution in [3.05, 3.63) is 82.9 Å². The third kappa shape index (κ3) is 2.87. The van der Waals surface area contributed by atoms with Gasteiger partial charge in [-0.3, -0.25) is 0 Å². The van der Waals surface area contributed by atoms with Crippen molar-refractivity contribution >= 4 is 5.97 Å². The first-order chi connectivity index (χ1) is 10.6. The lowest BCUT2D eigenvalue weighted by Gasteiger charge is -2.06. The zero-order chi connectivity index (χ0) is 15.5. The largest absolute Gasteiger partial charge is 0.501 e. The molecule has 4 nitrogen and oxygen atoms in total. The van der Waals surface area contributed by atoms with Gasteiger partial charge in [0.1, 0.15) is 5.76 Å². The number of rotatable bonds is 5. The fraction of sp³-hybridized carbons (Fsp3) is 0.167. The van der Waals surface area contributed by atoms with Crippen LogP contribution in [0.15, 0.2) is 77.3 Å². The molecule has 1 aliphatic heterocycles. The normalized spacial score (nSPS) is 18.3. The van der Waals surface area contributed by atoms with Crippen molar-refractivity contribution in [1.29, 1.82) is 0 Å². The molecule has 3 rings (SSSR count). The maximum absolute atomic E-state index is 11.3. The smallest absolute Gasteiger partial charge is 0.379 e. The first kappa shape index (κ1) is 14.4. The number of carbonyl (C=O) groups excluding carboxylic acids is 1. The van der Waals surface area contributed by atoms with Gasteiger partial charge in [0.2, 0.25) is 5.76 Å². The SMILES string of the molecule is O=C1OC2=CC=C(/C=C/[C@@H](O)CCc3ccccc3)C2=C1O. The summed E-state index contributed by atoms with van der Waals surface area (Å²) in [6.45, 7) is 0. The molecule has 0 aromatic heterocycles. The summed E-state index contributed by atoms with van der Waals surface area (Å²) in [7, 11) is 0. The fourth-order valence-electron chi connectivity index (χ4n) is 2.47. The maximum Gasteiger partial charge on any atom is 0.379 e. The highest BCUT2D eigenvalue weighted by Gasteiger charge is 2.33. The Bertz CT molecular complexity index is 708. The zero-order valence-electron chi connectivity index (χ0n) is 11.9. The molecule has 1 atom stereocenters. The van der Waals surface area contributed by atoms with Gasteiger partial charge in [0.25, 0.3) is 0 Å². The van der Waals surface area contributed by atoms with Gasteiger partial charge in [0.05, 0.1) is 11.7 Å². The molecule has 0 fully saturated rings. The van der Waals surface area contributed by atoms with E-state index >= 15 is 0 Å². The van der Waals surface area contributed by atoms with Crippen LogP contribution < -0.4 is 0 Å². The molecule has 0 spiro atoms. The van der Waals surface area contributed by atoms with E-state index in [2.05, 4.69) is 0 Å². The number of aliphatic hydroxyl groups excluding tert-OH is 2. The van der Waals surface area contributed by atoms with Crippen LogP contribution in [0.4, 0.5) is 0 Å². The number of fused-ring (bicyclic) bond motifs is 1. The van der Waals surface area contributed by atoms with E-state index < -0.39 is 12.1 Å². The van der Waals surface area contributed by atoms with E-state index in [9.17, 15) is 15.0 Å². The predicted octanol–water partition coefficient (Wildman–Crippen LogP) is 2.73. The van der Waals surface area contributed by atoms with Crippen molar-refractivity contribution in [2.45, 2.75) is 18.9 Å². The quantitative estimate of drug-likeness (QED) is 0.820. The number of ether oxygens (including phenoxy) is 1. The number of benzene rings is 1. The molecule has 0 amide bonds. The van der Waals surface area contributed by atoms with Gasteiger partial charge in [-0.1, -0.05) is 48.6 Å². The minimum atomic E-state index is -0.732. The summed E-state index contributed by atoms with van der Waals surface area (Å²) in [6.07, 6.45) is 7.53. The highest BCUT2D eigenvalue weighted by molar-refractivity contribution is 5.94. The summed E-state index contributed by atoms with van der Waals surface area (Å²) in [5.74, 6) is -0.746. The van der Waals surface area contributed by atoms with Gasteiger partial charge in [-0.2, -0.15) is 0 Å². The van der Waals surface area contributed by atoms with Gasteiger partial charge in [0.15, 0.2) is 0 Å². The first-order valence-corrected chi connectivity index (χ1v) is 7.13.